The van der Waals surface area contributed by atoms with Crippen LogP contribution in [0.3, 0.4) is 0 Å². The minimum Gasteiger partial charge on any atom is -0.327 e. The second-order valence-corrected chi connectivity index (χ2v) is 12.8. The van der Waals surface area contributed by atoms with Crippen molar-refractivity contribution in [3.8, 4) is 33.6 Å². The molecule has 5 aromatic carbocycles. The van der Waals surface area contributed by atoms with E-state index in [2.05, 4.69) is 181 Å². The molecular weight excluding hydrogens is 609 g/mol. The maximum atomic E-state index is 5.34. The Hall–Kier alpha value is -6.39. The number of aromatic nitrogens is 2. The third-order valence-electron chi connectivity index (χ3n) is 9.84. The maximum Gasteiger partial charge on any atom is 0.439 e. The van der Waals surface area contributed by atoms with Gasteiger partial charge in [0, 0.05) is 28.4 Å². The number of anilines is 1. The first kappa shape index (κ1) is 29.7. The summed E-state index contributed by atoms with van der Waals surface area (Å²) in [6.07, 6.45) is 9.05. The smallest absolute Gasteiger partial charge is 0.327 e. The number of benzene rings is 5. The lowest BCUT2D eigenvalue weighted by molar-refractivity contribution is -0.390. The van der Waals surface area contributed by atoms with Crippen LogP contribution < -0.4 is 4.90 Å². The van der Waals surface area contributed by atoms with Crippen molar-refractivity contribution in [1.29, 1.82) is 0 Å². The first-order valence-electron chi connectivity index (χ1n) is 17.2. The van der Waals surface area contributed by atoms with E-state index in [0.29, 0.717) is 5.95 Å². The van der Waals surface area contributed by atoms with Crippen LogP contribution in [0.15, 0.2) is 181 Å². The molecule has 4 nitrogen and oxygen atoms in total. The molecule has 4 heteroatoms. The van der Waals surface area contributed by atoms with Crippen LogP contribution in [0.4, 0.5) is 11.6 Å². The molecule has 6 aromatic rings. The lowest BCUT2D eigenvalue weighted by atomic mass is 9.86. The van der Waals surface area contributed by atoms with Crippen molar-refractivity contribution in [3.05, 3.63) is 192 Å². The molecule has 1 aliphatic carbocycles. The molecule has 9 rings (SSSR count). The first-order valence-corrected chi connectivity index (χ1v) is 17.2. The van der Waals surface area contributed by atoms with E-state index >= 15 is 0 Å². The van der Waals surface area contributed by atoms with E-state index in [4.69, 9.17) is 9.97 Å². The number of nitrogens with zero attached hydrogens (tertiary/aromatic N) is 4. The third kappa shape index (κ3) is 4.96. The predicted octanol–water partition coefficient (Wildman–Crippen LogP) is 10.8. The maximum absolute atomic E-state index is 5.34. The quantitative estimate of drug-likeness (QED) is 0.169. The number of rotatable bonds is 6. The van der Waals surface area contributed by atoms with Crippen LogP contribution >= 0.6 is 0 Å². The molecule has 2 aliphatic heterocycles. The minimum absolute atomic E-state index is 0.0401. The van der Waals surface area contributed by atoms with Crippen LogP contribution in [-0.4, -0.2) is 26.3 Å². The number of hydrogen-bond acceptors (Lipinski definition) is 3. The molecule has 0 saturated heterocycles. The summed E-state index contributed by atoms with van der Waals surface area (Å²) >= 11 is 0. The lowest BCUT2D eigenvalue weighted by Crippen LogP contribution is -2.46. The molecule has 3 heterocycles. The van der Waals surface area contributed by atoms with Gasteiger partial charge >= 0.3 is 5.95 Å². The summed E-state index contributed by atoms with van der Waals surface area (Å²) in [7, 11) is 0. The van der Waals surface area contributed by atoms with Crippen molar-refractivity contribution in [2.24, 2.45) is 0 Å². The highest BCUT2D eigenvalue weighted by molar-refractivity contribution is 6.20. The molecule has 0 saturated carbocycles. The van der Waals surface area contributed by atoms with Gasteiger partial charge in [0.2, 0.25) is 0 Å². The van der Waals surface area contributed by atoms with Gasteiger partial charge in [-0.1, -0.05) is 143 Å². The van der Waals surface area contributed by atoms with Gasteiger partial charge in [-0.15, -0.1) is 0 Å². The van der Waals surface area contributed by atoms with E-state index in [9.17, 15) is 0 Å². The SMILES string of the molecule is CC=CC1=C(C)N2c3ccc(-c4ccccc4)cc3C3=CC(c4ccccc4)=CC(=[N+]1c1nc(-c4ccccc4)cc(-c4ccccc4)n1)C32. The zero-order valence-corrected chi connectivity index (χ0v) is 28.0. The summed E-state index contributed by atoms with van der Waals surface area (Å²) in [5.41, 5.74) is 15.7. The molecule has 0 amide bonds. The number of allylic oxidation sites excluding steroid dienone is 5. The molecule has 238 valence electrons. The summed E-state index contributed by atoms with van der Waals surface area (Å²) < 4.78 is 2.30. The predicted molar refractivity (Wildman–Crippen MR) is 206 cm³/mol. The minimum atomic E-state index is -0.0401. The Balaban J connectivity index is 1.34. The molecule has 50 heavy (non-hydrogen) atoms. The van der Waals surface area contributed by atoms with Crippen LogP contribution in [0, 0.1) is 0 Å². The van der Waals surface area contributed by atoms with Gasteiger partial charge in [0.25, 0.3) is 0 Å². The lowest BCUT2D eigenvalue weighted by Gasteiger charge is -2.36. The van der Waals surface area contributed by atoms with Gasteiger partial charge in [-0.2, -0.15) is 4.58 Å². The highest BCUT2D eigenvalue weighted by Crippen LogP contribution is 2.50. The third-order valence-corrected chi connectivity index (χ3v) is 9.84. The van der Waals surface area contributed by atoms with Gasteiger partial charge < -0.3 is 4.90 Å². The first-order chi connectivity index (χ1) is 24.7. The fraction of sp³-hybridized carbons (Fsp3) is 0.0652. The Morgan fingerprint density at radius 3 is 1.74 bits per heavy atom. The zero-order chi connectivity index (χ0) is 33.6. The topological polar surface area (TPSA) is 32.0 Å². The van der Waals surface area contributed by atoms with Gasteiger partial charge in [0.1, 0.15) is 17.5 Å². The van der Waals surface area contributed by atoms with Crippen LogP contribution in [-0.2, 0) is 0 Å². The molecule has 0 N–H and O–H groups in total. The summed E-state index contributed by atoms with van der Waals surface area (Å²) in [6.45, 7) is 4.31. The molecule has 0 radical (unpaired) electrons. The molecule has 0 fully saturated rings. The van der Waals surface area contributed by atoms with E-state index in [0.717, 1.165) is 45.2 Å². The molecule has 3 aliphatic rings. The van der Waals surface area contributed by atoms with E-state index in [-0.39, 0.29) is 6.04 Å². The number of fused-ring (bicyclic) bond motifs is 3. The van der Waals surface area contributed by atoms with Crippen molar-refractivity contribution < 1.29 is 4.58 Å². The summed E-state index contributed by atoms with van der Waals surface area (Å²) in [6, 6.07) is 51.1. The molecule has 0 bridgehead atoms. The summed E-state index contributed by atoms with van der Waals surface area (Å²) in [5, 5.41) is 0. The molecule has 1 atom stereocenters. The Morgan fingerprint density at radius 1 is 0.600 bits per heavy atom. The Labute approximate surface area is 293 Å². The molecule has 1 aromatic heterocycles. The fourth-order valence-corrected chi connectivity index (χ4v) is 7.52. The summed E-state index contributed by atoms with van der Waals surface area (Å²) in [5.74, 6) is 0.651. The highest BCUT2D eigenvalue weighted by Gasteiger charge is 2.46. The van der Waals surface area contributed by atoms with Gasteiger partial charge in [0.15, 0.2) is 11.4 Å². The molecule has 0 spiro atoms. The number of hydrogen-bond donors (Lipinski definition) is 0. The van der Waals surface area contributed by atoms with Crippen molar-refractivity contribution >= 4 is 28.5 Å². The summed E-state index contributed by atoms with van der Waals surface area (Å²) in [4.78, 5) is 13.2. The normalized spacial score (nSPS) is 16.4. The fourth-order valence-electron chi connectivity index (χ4n) is 7.52. The van der Waals surface area contributed by atoms with Crippen LogP contribution in [0.2, 0.25) is 0 Å². The van der Waals surface area contributed by atoms with Gasteiger partial charge in [-0.3, -0.25) is 0 Å². The average molecular weight is 644 g/mol. The van der Waals surface area contributed by atoms with Crippen LogP contribution in [0.5, 0.6) is 0 Å². The van der Waals surface area contributed by atoms with Gasteiger partial charge in [-0.05, 0) is 72.0 Å². The van der Waals surface area contributed by atoms with E-state index in [1.807, 2.05) is 12.1 Å². The zero-order valence-electron chi connectivity index (χ0n) is 28.0. The van der Waals surface area contributed by atoms with Crippen molar-refractivity contribution in [1.82, 2.24) is 9.97 Å². The van der Waals surface area contributed by atoms with Gasteiger partial charge in [0.05, 0.1) is 5.70 Å². The van der Waals surface area contributed by atoms with Crippen molar-refractivity contribution in [2.45, 2.75) is 19.9 Å². The average Bonchev–Trinajstić information content (AvgIpc) is 3.52. The van der Waals surface area contributed by atoms with Crippen LogP contribution in [0.1, 0.15) is 25.0 Å². The van der Waals surface area contributed by atoms with Crippen LogP contribution in [0.25, 0.3) is 44.8 Å². The standard InChI is InChI=1S/C46H35N4/c1-3-16-42-31(2)49-43-26-25-36(32-17-8-4-9-18-32)27-38(43)39-28-37(33-19-10-5-11-20-33)29-44(45(39)49)50(42)46-47-40(34-21-12-6-13-22-34)30-41(48-46)35-23-14-7-15-24-35/h3-30,45H,1-2H3/q+1. The Morgan fingerprint density at radius 2 is 1.16 bits per heavy atom. The van der Waals surface area contributed by atoms with E-state index in [1.165, 1.54) is 33.5 Å². The second kappa shape index (κ2) is 12.2. The molecule has 1 unspecified atom stereocenters. The highest BCUT2D eigenvalue weighted by atomic mass is 15.3. The Kier molecular flexibility index (Phi) is 7.28. The largest absolute Gasteiger partial charge is 0.439 e. The van der Waals surface area contributed by atoms with E-state index < -0.39 is 0 Å². The van der Waals surface area contributed by atoms with E-state index in [1.54, 1.807) is 0 Å². The van der Waals surface area contributed by atoms with Crippen molar-refractivity contribution in [2.75, 3.05) is 4.90 Å². The van der Waals surface area contributed by atoms with Gasteiger partial charge in [-0.25, -0.2) is 0 Å². The molecular formula is C46H35N4+. The Bertz CT molecular complexity index is 2360. The second-order valence-electron chi connectivity index (χ2n) is 12.8. The van der Waals surface area contributed by atoms with Crippen molar-refractivity contribution in [3.63, 3.8) is 0 Å². The monoisotopic (exact) mass is 643 g/mol.